The van der Waals surface area contributed by atoms with Crippen LogP contribution in [0.1, 0.15) is 5.56 Å². The van der Waals surface area contributed by atoms with E-state index in [0.29, 0.717) is 17.6 Å². The van der Waals surface area contributed by atoms with E-state index in [9.17, 15) is 0 Å². The van der Waals surface area contributed by atoms with Gasteiger partial charge in [0.05, 0.1) is 27.2 Å². The molecule has 4 heteroatoms. The van der Waals surface area contributed by atoms with Crippen LogP contribution in [0, 0.1) is 11.8 Å². The highest BCUT2D eigenvalue weighted by Gasteiger charge is 2.32. The summed E-state index contributed by atoms with van der Waals surface area (Å²) in [5.41, 5.74) is 7.89. The molecule has 0 saturated heterocycles. The van der Waals surface area contributed by atoms with Crippen LogP contribution in [0.3, 0.4) is 0 Å². The van der Waals surface area contributed by atoms with Crippen molar-refractivity contribution in [2.75, 3.05) is 20.6 Å². The highest BCUT2D eigenvalue weighted by molar-refractivity contribution is 9.10. The molecule has 0 aliphatic carbocycles. The van der Waals surface area contributed by atoms with Gasteiger partial charge in [0.25, 0.3) is 5.84 Å². The molecule has 2 N–H and O–H groups in total. The predicted octanol–water partition coefficient (Wildman–Crippen LogP) is 1.89. The molecule has 0 amide bonds. The van der Waals surface area contributed by atoms with E-state index in [1.807, 2.05) is 0 Å². The topological polar surface area (TPSA) is 38.4 Å². The van der Waals surface area contributed by atoms with Gasteiger partial charge in [0, 0.05) is 22.0 Å². The van der Waals surface area contributed by atoms with Crippen molar-refractivity contribution in [2.24, 2.45) is 10.7 Å². The Morgan fingerprint density at radius 2 is 2.24 bits per heavy atom. The summed E-state index contributed by atoms with van der Waals surface area (Å²) in [5.74, 6) is 6.81. The van der Waals surface area contributed by atoms with Crippen LogP contribution in [0.25, 0.3) is 0 Å². The van der Waals surface area contributed by atoms with E-state index in [1.165, 1.54) is 11.3 Å². The minimum Gasteiger partial charge on any atom is -0.320 e. The van der Waals surface area contributed by atoms with Crippen LogP contribution < -0.4 is 10.2 Å². The largest absolute Gasteiger partial charge is 0.320 e. The van der Waals surface area contributed by atoms with Gasteiger partial charge in [-0.2, -0.15) is 0 Å². The highest BCUT2D eigenvalue weighted by Crippen LogP contribution is 2.31. The Kier molecular flexibility index (Phi) is 3.34. The first-order chi connectivity index (χ1) is 8.05. The molecule has 17 heavy (non-hydrogen) atoms. The number of nitrogens with two attached hydrogens (primary N) is 1. The number of fused-ring (bicyclic) bond motifs is 1. The summed E-state index contributed by atoms with van der Waals surface area (Å²) in [6.45, 7) is 1.05. The molecule has 88 valence electrons. The van der Waals surface area contributed by atoms with Gasteiger partial charge in [0.2, 0.25) is 0 Å². The van der Waals surface area contributed by atoms with E-state index in [4.69, 9.17) is 5.73 Å². The molecule has 2 rings (SSSR count). The Bertz CT molecular complexity index is 535. The third kappa shape index (κ3) is 2.27. The van der Waals surface area contributed by atoms with Crippen molar-refractivity contribution in [3.63, 3.8) is 0 Å². The summed E-state index contributed by atoms with van der Waals surface area (Å²) < 4.78 is 1.67. The zero-order chi connectivity index (χ0) is 12.5. The average molecular weight is 293 g/mol. The lowest BCUT2D eigenvalue weighted by Gasteiger charge is -2.31. The van der Waals surface area contributed by atoms with Crippen molar-refractivity contribution in [2.45, 2.75) is 6.54 Å². The molecule has 0 spiro atoms. The lowest BCUT2D eigenvalue weighted by molar-refractivity contribution is 0.576. The van der Waals surface area contributed by atoms with E-state index in [2.05, 4.69) is 65.1 Å². The Labute approximate surface area is 110 Å². The van der Waals surface area contributed by atoms with Gasteiger partial charge in [-0.1, -0.05) is 21.9 Å². The second-order valence-electron chi connectivity index (χ2n) is 4.37. The van der Waals surface area contributed by atoms with Gasteiger partial charge in [-0.05, 0) is 12.1 Å². The summed E-state index contributed by atoms with van der Waals surface area (Å²) in [7, 11) is 4.19. The van der Waals surface area contributed by atoms with Gasteiger partial charge in [0.15, 0.2) is 0 Å². The SMILES string of the molecule is C[N+]1(C)C(C#CCN)=NCc2cc(Br)ccc21. The number of aliphatic imine (C=N–C) groups is 1. The lowest BCUT2D eigenvalue weighted by Crippen LogP contribution is -2.48. The number of amidine groups is 1. The molecule has 0 fully saturated rings. The molecular weight excluding hydrogens is 278 g/mol. The van der Waals surface area contributed by atoms with Gasteiger partial charge in [-0.15, -0.1) is 0 Å². The van der Waals surface area contributed by atoms with Gasteiger partial charge >= 0.3 is 0 Å². The number of hydrogen-bond donors (Lipinski definition) is 1. The Morgan fingerprint density at radius 1 is 1.47 bits per heavy atom. The average Bonchev–Trinajstić information content (AvgIpc) is 2.27. The maximum absolute atomic E-state index is 5.41. The first-order valence-corrected chi connectivity index (χ1v) is 6.22. The summed E-state index contributed by atoms with van der Waals surface area (Å²) in [6.07, 6.45) is 0. The Morgan fingerprint density at radius 3 is 2.94 bits per heavy atom. The molecule has 0 atom stereocenters. The molecule has 1 heterocycles. The third-order valence-corrected chi connectivity index (χ3v) is 3.37. The molecule has 1 aliphatic heterocycles. The van der Waals surface area contributed by atoms with Crippen LogP contribution in [0.4, 0.5) is 5.69 Å². The molecule has 3 nitrogen and oxygen atoms in total. The smallest absolute Gasteiger partial charge is 0.281 e. The van der Waals surface area contributed by atoms with Crippen LogP contribution in [-0.4, -0.2) is 26.5 Å². The minimum absolute atomic E-state index is 0.367. The number of rotatable bonds is 0. The van der Waals surface area contributed by atoms with Crippen LogP contribution in [0.2, 0.25) is 0 Å². The molecule has 0 saturated carbocycles. The van der Waals surface area contributed by atoms with Crippen molar-refractivity contribution in [3.05, 3.63) is 28.2 Å². The van der Waals surface area contributed by atoms with Gasteiger partial charge in [-0.3, -0.25) is 0 Å². The highest BCUT2D eigenvalue weighted by atomic mass is 79.9. The minimum atomic E-state index is 0.367. The predicted molar refractivity (Wildman–Crippen MR) is 75.8 cm³/mol. The monoisotopic (exact) mass is 292 g/mol. The zero-order valence-electron chi connectivity index (χ0n) is 10.00. The maximum Gasteiger partial charge on any atom is 0.281 e. The number of quaternary nitrogens is 1. The second-order valence-corrected chi connectivity index (χ2v) is 5.29. The summed E-state index contributed by atoms with van der Waals surface area (Å²) in [5, 5.41) is 0. The van der Waals surface area contributed by atoms with E-state index >= 15 is 0 Å². The zero-order valence-corrected chi connectivity index (χ0v) is 11.6. The van der Waals surface area contributed by atoms with Crippen molar-refractivity contribution in [1.82, 2.24) is 4.48 Å². The molecule has 0 radical (unpaired) electrons. The maximum atomic E-state index is 5.41. The van der Waals surface area contributed by atoms with E-state index in [0.717, 1.165) is 10.3 Å². The molecule has 1 aromatic rings. The normalized spacial score (nSPS) is 16.6. The number of nitrogens with zero attached hydrogens (tertiary/aromatic N) is 2. The number of hydrogen-bond acceptors (Lipinski definition) is 2. The van der Waals surface area contributed by atoms with Gasteiger partial charge < -0.3 is 5.73 Å². The Balaban J connectivity index is 2.48. The van der Waals surface area contributed by atoms with Crippen molar-refractivity contribution >= 4 is 27.5 Å². The molecule has 1 aromatic carbocycles. The van der Waals surface area contributed by atoms with E-state index < -0.39 is 0 Å². The fourth-order valence-corrected chi connectivity index (χ4v) is 2.39. The quantitative estimate of drug-likeness (QED) is 0.576. The van der Waals surface area contributed by atoms with Crippen LogP contribution in [0.15, 0.2) is 27.7 Å². The van der Waals surface area contributed by atoms with Crippen molar-refractivity contribution in [3.8, 4) is 11.8 Å². The molecular formula is C13H15BrN3+. The van der Waals surface area contributed by atoms with Crippen LogP contribution >= 0.6 is 15.9 Å². The van der Waals surface area contributed by atoms with Crippen molar-refractivity contribution in [1.29, 1.82) is 0 Å². The summed E-state index contributed by atoms with van der Waals surface area (Å²) >= 11 is 3.49. The molecule has 0 unspecified atom stereocenters. The summed E-state index contributed by atoms with van der Waals surface area (Å²) in [4.78, 5) is 4.54. The van der Waals surface area contributed by atoms with E-state index in [-0.39, 0.29) is 0 Å². The van der Waals surface area contributed by atoms with Crippen LogP contribution in [-0.2, 0) is 6.54 Å². The van der Waals surface area contributed by atoms with Gasteiger partial charge in [-0.25, -0.2) is 9.48 Å². The molecule has 0 aromatic heterocycles. The number of halogens is 1. The fourth-order valence-electron chi connectivity index (χ4n) is 1.99. The molecule has 0 bridgehead atoms. The van der Waals surface area contributed by atoms with E-state index in [1.54, 1.807) is 0 Å². The first kappa shape index (κ1) is 12.3. The van der Waals surface area contributed by atoms with Crippen LogP contribution in [0.5, 0.6) is 0 Å². The van der Waals surface area contributed by atoms with Gasteiger partial charge in [0.1, 0.15) is 5.69 Å². The molecule has 1 aliphatic rings. The fraction of sp³-hybridized carbons (Fsp3) is 0.308. The lowest BCUT2D eigenvalue weighted by atomic mass is 10.1. The summed E-state index contributed by atoms with van der Waals surface area (Å²) in [6, 6.07) is 6.29. The standard InChI is InChI=1S/C13H15BrN3/c1-17(2)12-6-5-11(14)8-10(12)9-16-13(17)4-3-7-15/h5-6,8H,7,9,15H2,1-2H3/q+1. The Hall–Kier alpha value is -1.15. The third-order valence-electron chi connectivity index (χ3n) is 2.87. The first-order valence-electron chi connectivity index (χ1n) is 5.42. The van der Waals surface area contributed by atoms with Crippen molar-refractivity contribution < 1.29 is 0 Å². The number of benzene rings is 1. The second kappa shape index (κ2) is 4.61.